The second-order valence-corrected chi connectivity index (χ2v) is 6.54. The fourth-order valence-electron chi connectivity index (χ4n) is 1.59. The fourth-order valence-corrected chi connectivity index (χ4v) is 1.86. The molecule has 0 aliphatic heterocycles. The van der Waals surface area contributed by atoms with Crippen molar-refractivity contribution in [2.75, 3.05) is 0 Å². The van der Waals surface area contributed by atoms with E-state index in [1.165, 1.54) is 0 Å². The lowest BCUT2D eigenvalue weighted by Crippen LogP contribution is -2.35. The number of aromatic nitrogens is 1. The lowest BCUT2D eigenvalue weighted by atomic mass is 10.1. The molecular formula is C16H19BrN2O. The van der Waals surface area contributed by atoms with Crippen LogP contribution in [0.5, 0.6) is 11.6 Å². The average molecular weight is 335 g/mol. The lowest BCUT2D eigenvalue weighted by molar-refractivity contribution is 0.416. The van der Waals surface area contributed by atoms with E-state index < -0.39 is 0 Å². The molecule has 2 rings (SSSR count). The Bertz CT molecular complexity index is 561. The van der Waals surface area contributed by atoms with Gasteiger partial charge in [-0.3, -0.25) is 0 Å². The molecule has 0 fully saturated rings. The molecule has 1 N–H and O–H groups in total. The first-order valence-corrected chi connectivity index (χ1v) is 7.36. The zero-order valence-corrected chi connectivity index (χ0v) is 13.6. The lowest BCUT2D eigenvalue weighted by Gasteiger charge is -2.20. The SMILES string of the molecule is CC(C)(C)NCc1cccc(Oc2ccc(Br)cc2)n1. The Labute approximate surface area is 128 Å². The Hall–Kier alpha value is -1.39. The van der Waals surface area contributed by atoms with Crippen molar-refractivity contribution < 1.29 is 4.74 Å². The second-order valence-electron chi connectivity index (χ2n) is 5.63. The molecule has 3 nitrogen and oxygen atoms in total. The minimum absolute atomic E-state index is 0.0737. The molecule has 0 aliphatic carbocycles. The van der Waals surface area contributed by atoms with E-state index in [9.17, 15) is 0 Å². The molecule has 0 bridgehead atoms. The van der Waals surface area contributed by atoms with Crippen LogP contribution in [0, 0.1) is 0 Å². The molecule has 0 saturated carbocycles. The zero-order chi connectivity index (χ0) is 14.6. The number of halogens is 1. The minimum atomic E-state index is 0.0737. The van der Waals surface area contributed by atoms with Crippen LogP contribution in [-0.4, -0.2) is 10.5 Å². The standard InChI is InChI=1S/C16H19BrN2O/c1-16(2,3)18-11-13-5-4-6-15(19-13)20-14-9-7-12(17)8-10-14/h4-10,18H,11H2,1-3H3. The number of hydrogen-bond donors (Lipinski definition) is 1. The summed E-state index contributed by atoms with van der Waals surface area (Å²) in [4.78, 5) is 4.50. The third-order valence-electron chi connectivity index (χ3n) is 2.62. The van der Waals surface area contributed by atoms with E-state index in [-0.39, 0.29) is 5.54 Å². The number of hydrogen-bond acceptors (Lipinski definition) is 3. The molecule has 1 heterocycles. The molecule has 2 aromatic rings. The van der Waals surface area contributed by atoms with Crippen LogP contribution < -0.4 is 10.1 Å². The fraction of sp³-hybridized carbons (Fsp3) is 0.312. The maximum atomic E-state index is 5.75. The van der Waals surface area contributed by atoms with Gasteiger partial charge in [-0.15, -0.1) is 0 Å². The molecule has 4 heteroatoms. The van der Waals surface area contributed by atoms with E-state index in [0.29, 0.717) is 5.88 Å². The summed E-state index contributed by atoms with van der Waals surface area (Å²) in [5, 5.41) is 3.41. The highest BCUT2D eigenvalue weighted by molar-refractivity contribution is 9.10. The summed E-state index contributed by atoms with van der Waals surface area (Å²) in [6.07, 6.45) is 0. The Morgan fingerprint density at radius 2 is 1.80 bits per heavy atom. The first-order valence-electron chi connectivity index (χ1n) is 6.57. The molecule has 0 spiro atoms. The van der Waals surface area contributed by atoms with E-state index >= 15 is 0 Å². The number of nitrogens with one attached hydrogen (secondary N) is 1. The van der Waals surface area contributed by atoms with E-state index in [1.807, 2.05) is 42.5 Å². The van der Waals surface area contributed by atoms with Crippen LogP contribution in [-0.2, 0) is 6.54 Å². The number of nitrogens with zero attached hydrogens (tertiary/aromatic N) is 1. The van der Waals surface area contributed by atoms with Crippen molar-refractivity contribution in [3.05, 3.63) is 52.6 Å². The van der Waals surface area contributed by atoms with Crippen LogP contribution in [0.4, 0.5) is 0 Å². The summed E-state index contributed by atoms with van der Waals surface area (Å²) >= 11 is 3.40. The number of pyridine rings is 1. The highest BCUT2D eigenvalue weighted by atomic mass is 79.9. The predicted molar refractivity (Wildman–Crippen MR) is 85.0 cm³/mol. The summed E-state index contributed by atoms with van der Waals surface area (Å²) in [5.74, 6) is 1.39. The normalized spacial score (nSPS) is 11.4. The van der Waals surface area contributed by atoms with Gasteiger partial charge in [-0.05, 0) is 51.1 Å². The van der Waals surface area contributed by atoms with Crippen LogP contribution in [0.3, 0.4) is 0 Å². The highest BCUT2D eigenvalue weighted by Gasteiger charge is 2.09. The van der Waals surface area contributed by atoms with Crippen LogP contribution >= 0.6 is 15.9 Å². The van der Waals surface area contributed by atoms with Crippen molar-refractivity contribution in [3.8, 4) is 11.6 Å². The van der Waals surface area contributed by atoms with Crippen LogP contribution in [0.15, 0.2) is 46.9 Å². The van der Waals surface area contributed by atoms with Gasteiger partial charge in [0.2, 0.25) is 5.88 Å². The maximum absolute atomic E-state index is 5.75. The molecule has 106 valence electrons. The Kier molecular flexibility index (Phi) is 4.78. The van der Waals surface area contributed by atoms with Gasteiger partial charge in [0.25, 0.3) is 0 Å². The Balaban J connectivity index is 2.04. The van der Waals surface area contributed by atoms with Crippen LogP contribution in [0.25, 0.3) is 0 Å². The molecule has 0 saturated heterocycles. The van der Waals surface area contributed by atoms with Gasteiger partial charge >= 0.3 is 0 Å². The van der Waals surface area contributed by atoms with E-state index in [0.717, 1.165) is 22.5 Å². The first-order chi connectivity index (χ1) is 9.42. The topological polar surface area (TPSA) is 34.1 Å². The number of ether oxygens (including phenoxy) is 1. The average Bonchev–Trinajstić information content (AvgIpc) is 2.39. The quantitative estimate of drug-likeness (QED) is 0.892. The molecule has 1 aromatic carbocycles. The van der Waals surface area contributed by atoms with Gasteiger partial charge in [-0.2, -0.15) is 0 Å². The van der Waals surface area contributed by atoms with Crippen molar-refractivity contribution in [1.29, 1.82) is 0 Å². The highest BCUT2D eigenvalue weighted by Crippen LogP contribution is 2.21. The first kappa shape index (κ1) is 15.0. The second kappa shape index (κ2) is 6.37. The van der Waals surface area contributed by atoms with Gasteiger partial charge in [0.05, 0.1) is 5.69 Å². The maximum Gasteiger partial charge on any atom is 0.219 e. The largest absolute Gasteiger partial charge is 0.439 e. The van der Waals surface area contributed by atoms with Gasteiger partial charge in [0, 0.05) is 22.6 Å². The van der Waals surface area contributed by atoms with Crippen molar-refractivity contribution >= 4 is 15.9 Å². The molecule has 0 unspecified atom stereocenters. The molecule has 0 atom stereocenters. The third-order valence-corrected chi connectivity index (χ3v) is 3.15. The van der Waals surface area contributed by atoms with Crippen molar-refractivity contribution in [2.24, 2.45) is 0 Å². The van der Waals surface area contributed by atoms with Gasteiger partial charge < -0.3 is 10.1 Å². The summed E-state index contributed by atoms with van der Waals surface area (Å²) in [7, 11) is 0. The van der Waals surface area contributed by atoms with Gasteiger partial charge in [-0.1, -0.05) is 22.0 Å². The summed E-state index contributed by atoms with van der Waals surface area (Å²) in [6, 6.07) is 13.5. The molecular weight excluding hydrogens is 316 g/mol. The monoisotopic (exact) mass is 334 g/mol. The molecule has 0 aliphatic rings. The number of rotatable bonds is 4. The third kappa shape index (κ3) is 4.94. The Morgan fingerprint density at radius 3 is 2.45 bits per heavy atom. The van der Waals surface area contributed by atoms with Gasteiger partial charge in [-0.25, -0.2) is 4.98 Å². The van der Waals surface area contributed by atoms with Gasteiger partial charge in [0.15, 0.2) is 0 Å². The van der Waals surface area contributed by atoms with Crippen molar-refractivity contribution in [3.63, 3.8) is 0 Å². The molecule has 0 amide bonds. The van der Waals surface area contributed by atoms with Crippen LogP contribution in [0.1, 0.15) is 26.5 Å². The number of benzene rings is 1. The molecule has 1 aromatic heterocycles. The summed E-state index contributed by atoms with van der Waals surface area (Å²) < 4.78 is 6.77. The summed E-state index contributed by atoms with van der Waals surface area (Å²) in [6.45, 7) is 7.13. The predicted octanol–water partition coefficient (Wildman–Crippen LogP) is 4.52. The van der Waals surface area contributed by atoms with Crippen molar-refractivity contribution in [1.82, 2.24) is 10.3 Å². The van der Waals surface area contributed by atoms with E-state index in [2.05, 4.69) is 47.0 Å². The Morgan fingerprint density at radius 1 is 1.10 bits per heavy atom. The minimum Gasteiger partial charge on any atom is -0.439 e. The smallest absolute Gasteiger partial charge is 0.219 e. The van der Waals surface area contributed by atoms with E-state index in [1.54, 1.807) is 0 Å². The van der Waals surface area contributed by atoms with Crippen LogP contribution in [0.2, 0.25) is 0 Å². The zero-order valence-electron chi connectivity index (χ0n) is 12.0. The van der Waals surface area contributed by atoms with Crippen molar-refractivity contribution in [2.45, 2.75) is 32.9 Å². The molecule has 0 radical (unpaired) electrons. The molecule has 20 heavy (non-hydrogen) atoms. The van der Waals surface area contributed by atoms with Gasteiger partial charge in [0.1, 0.15) is 5.75 Å². The summed E-state index contributed by atoms with van der Waals surface area (Å²) in [5.41, 5.74) is 1.04. The van der Waals surface area contributed by atoms with E-state index in [4.69, 9.17) is 4.74 Å².